The molecule has 10 rings (SSSR count). The standard InChI is InChI=1S/C28H27ClFN5O3.C24H25ClFN3O3.C4H3BrN2.CH4.H2/c1-27(2,3)17-14-20(16-7-8-18(29)19(30)13-16)33-21-15-22(38-23(17)21)24(36)35-12-11-34(25(37)28(35,4)5)26-31-9-6-10-32-26;1-23(2,3)14-11-17(13-6-7-15(25)16(26)10-13)28-18-12-19(32-20(14)18)21(30)29-9-8-27-22(31)24(29,4)5;5-4-6-2-1-3-7-4;;/h6-10,13-15H,11-12H2,1-5H3;6-7,10-12H,8-9H2,1-5H3,(H,27,31);1-3H;1H4;1H. The van der Waals surface area contributed by atoms with Crippen LogP contribution < -0.4 is 10.2 Å². The maximum absolute atomic E-state index is 14.2. The number of hydrogen-bond acceptors (Lipinski definition) is 12. The largest absolute Gasteiger partial charge is 0.449 e. The van der Waals surface area contributed by atoms with Crippen LogP contribution in [0.1, 0.15) is 110 Å². The van der Waals surface area contributed by atoms with E-state index >= 15 is 0 Å². The number of amides is 4. The molecular formula is C57H61BrCl2F2N10O6. The Morgan fingerprint density at radius 2 is 1.09 bits per heavy atom. The van der Waals surface area contributed by atoms with Crippen molar-refractivity contribution < 1.29 is 38.2 Å². The fourth-order valence-corrected chi connectivity index (χ4v) is 9.25. The summed E-state index contributed by atoms with van der Waals surface area (Å²) in [4.78, 5) is 82.4. The Labute approximate surface area is 470 Å². The van der Waals surface area contributed by atoms with Gasteiger partial charge in [-0.2, -0.15) is 0 Å². The number of furan rings is 2. The van der Waals surface area contributed by atoms with Gasteiger partial charge in [-0.3, -0.25) is 24.1 Å². The maximum Gasteiger partial charge on any atom is 0.290 e. The molecule has 410 valence electrons. The number of pyridine rings is 2. The minimum Gasteiger partial charge on any atom is -0.449 e. The summed E-state index contributed by atoms with van der Waals surface area (Å²) < 4.78 is 41.0. The molecule has 2 aromatic carbocycles. The molecule has 4 amide bonds. The molecule has 8 heterocycles. The van der Waals surface area contributed by atoms with Crippen LogP contribution in [0.25, 0.3) is 44.7 Å². The number of rotatable bonds is 5. The van der Waals surface area contributed by atoms with E-state index in [0.29, 0.717) is 68.5 Å². The van der Waals surface area contributed by atoms with Crippen LogP contribution in [0.3, 0.4) is 0 Å². The number of benzene rings is 2. The Bertz CT molecular complexity index is 3570. The van der Waals surface area contributed by atoms with E-state index in [1.807, 2.05) is 53.7 Å². The molecule has 0 radical (unpaired) electrons. The second-order valence-electron chi connectivity index (χ2n) is 21.3. The monoisotopic (exact) mass is 1170 g/mol. The molecular weight excluding hydrogens is 1110 g/mol. The molecule has 2 aliphatic rings. The van der Waals surface area contributed by atoms with Crippen LogP contribution in [0.2, 0.25) is 10.0 Å². The van der Waals surface area contributed by atoms with Gasteiger partial charge in [0, 0.05) is 86.8 Å². The highest BCUT2D eigenvalue weighted by atomic mass is 79.9. The van der Waals surface area contributed by atoms with Crippen molar-refractivity contribution in [1.29, 1.82) is 0 Å². The smallest absolute Gasteiger partial charge is 0.290 e. The Morgan fingerprint density at radius 3 is 1.50 bits per heavy atom. The highest BCUT2D eigenvalue weighted by Crippen LogP contribution is 2.38. The van der Waals surface area contributed by atoms with Crippen molar-refractivity contribution in [3.05, 3.63) is 147 Å². The quantitative estimate of drug-likeness (QED) is 0.161. The van der Waals surface area contributed by atoms with Crippen molar-refractivity contribution in [2.24, 2.45) is 0 Å². The highest BCUT2D eigenvalue weighted by Gasteiger charge is 2.47. The van der Waals surface area contributed by atoms with Crippen LogP contribution in [0, 0.1) is 11.6 Å². The van der Waals surface area contributed by atoms with E-state index < -0.39 is 28.6 Å². The van der Waals surface area contributed by atoms with Crippen LogP contribution in [-0.4, -0.2) is 101 Å². The summed E-state index contributed by atoms with van der Waals surface area (Å²) in [5, 5.41) is 2.85. The number of nitrogens with one attached hydrogen (secondary N) is 1. The minimum absolute atomic E-state index is 0. The summed E-state index contributed by atoms with van der Waals surface area (Å²) in [6.07, 6.45) is 6.50. The number of anilines is 1. The Morgan fingerprint density at radius 1 is 0.654 bits per heavy atom. The zero-order valence-corrected chi connectivity index (χ0v) is 47.0. The van der Waals surface area contributed by atoms with Gasteiger partial charge in [0.05, 0.1) is 21.4 Å². The average Bonchev–Trinajstić information content (AvgIpc) is 4.02. The summed E-state index contributed by atoms with van der Waals surface area (Å²) in [6.45, 7) is 20.2. The number of nitrogens with zero attached hydrogens (tertiary/aromatic N) is 9. The zero-order valence-electron chi connectivity index (χ0n) is 43.9. The van der Waals surface area contributed by atoms with E-state index in [1.165, 1.54) is 39.0 Å². The molecule has 0 saturated carbocycles. The normalized spacial score (nSPS) is 15.2. The van der Waals surface area contributed by atoms with Crippen LogP contribution in [0.5, 0.6) is 0 Å². The van der Waals surface area contributed by atoms with Crippen molar-refractivity contribution in [2.75, 3.05) is 31.1 Å². The highest BCUT2D eigenvalue weighted by molar-refractivity contribution is 9.10. The first-order valence-electron chi connectivity index (χ1n) is 24.4. The number of carbonyl (C=O) groups excluding carboxylic acids is 4. The molecule has 0 unspecified atom stereocenters. The lowest BCUT2D eigenvalue weighted by molar-refractivity contribution is -0.133. The van der Waals surface area contributed by atoms with Crippen LogP contribution in [0.4, 0.5) is 14.7 Å². The van der Waals surface area contributed by atoms with Gasteiger partial charge >= 0.3 is 0 Å². The second-order valence-corrected chi connectivity index (χ2v) is 22.9. The second kappa shape index (κ2) is 22.6. The number of halogens is 5. The van der Waals surface area contributed by atoms with E-state index in [-0.39, 0.29) is 72.1 Å². The van der Waals surface area contributed by atoms with Crippen molar-refractivity contribution in [3.8, 4) is 22.5 Å². The molecule has 8 aromatic rings. The van der Waals surface area contributed by atoms with Gasteiger partial charge in [0.1, 0.15) is 33.7 Å². The van der Waals surface area contributed by atoms with E-state index in [2.05, 4.69) is 51.2 Å². The summed E-state index contributed by atoms with van der Waals surface area (Å²) >= 11 is 14.8. The van der Waals surface area contributed by atoms with Gasteiger partial charge < -0.3 is 24.0 Å². The molecule has 1 N–H and O–H groups in total. The van der Waals surface area contributed by atoms with Crippen molar-refractivity contribution >= 4 is 90.9 Å². The Kier molecular flexibility index (Phi) is 17.0. The summed E-state index contributed by atoms with van der Waals surface area (Å²) in [5.74, 6) is -1.89. The van der Waals surface area contributed by atoms with E-state index in [9.17, 15) is 28.0 Å². The van der Waals surface area contributed by atoms with Gasteiger partial charge in [0.15, 0.2) is 27.4 Å². The number of carbonyl (C=O) groups is 4. The zero-order chi connectivity index (χ0) is 55.9. The average molecular weight is 1170 g/mol. The van der Waals surface area contributed by atoms with Crippen LogP contribution >= 0.6 is 39.1 Å². The van der Waals surface area contributed by atoms with Gasteiger partial charge in [-0.25, -0.2) is 38.7 Å². The van der Waals surface area contributed by atoms with Crippen molar-refractivity contribution in [3.63, 3.8) is 0 Å². The number of hydrogen-bond donors (Lipinski definition) is 1. The SMILES string of the molecule is Brc1ncccn1.C.CC(C)(C)c1cc(-c2ccc(Cl)c(F)c2)nc2cc(C(=O)N3CCN(c4ncccn4)C(=O)C3(C)C)oc12.CC(C)(C)c1cc(-c2ccc(Cl)c(F)c2)nc2cc(C(=O)N3CCNC(=O)C3(C)C)oc12.[HH]. The molecule has 21 heteroatoms. The van der Waals surface area contributed by atoms with E-state index in [4.69, 9.17) is 32.0 Å². The van der Waals surface area contributed by atoms with Crippen LogP contribution in [0.15, 0.2) is 111 Å². The lowest BCUT2D eigenvalue weighted by atomic mass is 9.86. The third kappa shape index (κ3) is 12.1. The van der Waals surface area contributed by atoms with Crippen molar-refractivity contribution in [2.45, 2.75) is 98.6 Å². The molecule has 16 nitrogen and oxygen atoms in total. The molecule has 0 bridgehead atoms. The minimum atomic E-state index is -1.17. The fraction of sp³-hybridized carbons (Fsp3) is 0.333. The van der Waals surface area contributed by atoms with Crippen LogP contribution in [-0.2, 0) is 20.4 Å². The third-order valence-corrected chi connectivity index (χ3v) is 14.1. The predicted molar refractivity (Wildman–Crippen MR) is 302 cm³/mol. The molecule has 2 saturated heterocycles. The molecule has 78 heavy (non-hydrogen) atoms. The fourth-order valence-electron chi connectivity index (χ4n) is 8.78. The van der Waals surface area contributed by atoms with E-state index in [0.717, 1.165) is 11.1 Å². The Balaban J connectivity index is 0.000000224. The molecule has 6 aromatic heterocycles. The topological polar surface area (TPSA) is 194 Å². The number of piperazine rings is 2. The molecule has 2 fully saturated rings. The number of fused-ring (bicyclic) bond motifs is 2. The Hall–Kier alpha value is -7.22. The first-order chi connectivity index (χ1) is 36.2. The summed E-state index contributed by atoms with van der Waals surface area (Å²) in [7, 11) is 0. The molecule has 0 spiro atoms. The first kappa shape index (κ1) is 58.5. The molecule has 0 atom stereocenters. The van der Waals surface area contributed by atoms with Gasteiger partial charge in [-0.15, -0.1) is 0 Å². The summed E-state index contributed by atoms with van der Waals surface area (Å²) in [6, 6.07) is 19.3. The van der Waals surface area contributed by atoms with Gasteiger partial charge in [-0.05, 0) is 103 Å². The van der Waals surface area contributed by atoms with Crippen molar-refractivity contribution in [1.82, 2.24) is 45.0 Å². The van der Waals surface area contributed by atoms with Gasteiger partial charge in [-0.1, -0.05) is 84.3 Å². The lowest BCUT2D eigenvalue weighted by Gasteiger charge is -2.44. The van der Waals surface area contributed by atoms with E-state index in [1.54, 1.807) is 88.9 Å². The molecule has 2 aliphatic heterocycles. The van der Waals surface area contributed by atoms with Gasteiger partial charge in [0.2, 0.25) is 11.9 Å². The van der Waals surface area contributed by atoms with Gasteiger partial charge in [0.25, 0.3) is 17.7 Å². The molecule has 0 aliphatic carbocycles. The summed E-state index contributed by atoms with van der Waals surface area (Å²) in [5.41, 5.74) is 2.92. The first-order valence-corrected chi connectivity index (χ1v) is 26.0. The lowest BCUT2D eigenvalue weighted by Crippen LogP contribution is -2.65. The predicted octanol–water partition coefficient (Wildman–Crippen LogP) is 12.7. The number of aromatic nitrogens is 6. The maximum atomic E-state index is 14.2. The third-order valence-electron chi connectivity index (χ3n) is 13.1.